The minimum Gasteiger partial charge on any atom is -0.456 e. The lowest BCUT2D eigenvalue weighted by molar-refractivity contribution is -0.143. The molecule has 0 radical (unpaired) electrons. The Labute approximate surface area is 149 Å². The van der Waals surface area contributed by atoms with Crippen molar-refractivity contribution >= 4 is 22.5 Å². The molecular weight excluding hydrogens is 362 g/mol. The van der Waals surface area contributed by atoms with Gasteiger partial charge in [0.15, 0.2) is 24.0 Å². The topological polar surface area (TPSA) is 98.2 Å². The van der Waals surface area contributed by atoms with Crippen molar-refractivity contribution in [2.75, 3.05) is 6.61 Å². The van der Waals surface area contributed by atoms with Gasteiger partial charge in [0.05, 0.1) is 10.8 Å². The summed E-state index contributed by atoms with van der Waals surface area (Å²) in [5.41, 5.74) is -1.33. The molecule has 0 saturated carbocycles. The third-order valence-electron chi connectivity index (χ3n) is 3.78. The molecule has 0 bridgehead atoms. The highest BCUT2D eigenvalue weighted by molar-refractivity contribution is 5.97. The molecule has 0 fully saturated rings. The lowest BCUT2D eigenvalue weighted by Crippen LogP contribution is -2.33. The highest BCUT2D eigenvalue weighted by Crippen LogP contribution is 2.09. The van der Waals surface area contributed by atoms with Crippen LogP contribution in [-0.2, 0) is 16.1 Å². The Balaban J connectivity index is 1.71. The highest BCUT2D eigenvalue weighted by Gasteiger charge is 2.14. The van der Waals surface area contributed by atoms with Crippen molar-refractivity contribution in [1.82, 2.24) is 9.78 Å². The summed E-state index contributed by atoms with van der Waals surface area (Å²) in [7, 11) is 0. The van der Waals surface area contributed by atoms with Crippen LogP contribution in [0.25, 0.3) is 10.8 Å². The van der Waals surface area contributed by atoms with Gasteiger partial charge in [0, 0.05) is 5.56 Å². The molecule has 3 rings (SSSR count). The minimum atomic E-state index is -1.20. The van der Waals surface area contributed by atoms with E-state index in [4.69, 9.17) is 4.74 Å². The number of ether oxygens (including phenoxy) is 1. The van der Waals surface area contributed by atoms with E-state index in [2.05, 4.69) is 5.10 Å². The number of esters is 1. The quantitative estimate of drug-likeness (QED) is 0.538. The van der Waals surface area contributed by atoms with Gasteiger partial charge in [-0.2, -0.15) is 0 Å². The maximum atomic E-state index is 13.1. The van der Waals surface area contributed by atoms with E-state index < -0.39 is 47.7 Å². The first-order valence-electron chi connectivity index (χ1n) is 7.72. The number of benzene rings is 2. The Bertz CT molecular complexity index is 1170. The van der Waals surface area contributed by atoms with Gasteiger partial charge in [-0.1, -0.05) is 12.1 Å². The van der Waals surface area contributed by atoms with Crippen LogP contribution in [0.3, 0.4) is 0 Å². The summed E-state index contributed by atoms with van der Waals surface area (Å²) < 4.78 is 31.5. The first-order chi connectivity index (χ1) is 12.9. The van der Waals surface area contributed by atoms with Crippen molar-refractivity contribution in [3.8, 4) is 0 Å². The maximum absolute atomic E-state index is 13.1. The van der Waals surface area contributed by atoms with Crippen LogP contribution in [0.2, 0.25) is 0 Å². The molecule has 9 heteroatoms. The van der Waals surface area contributed by atoms with Crippen LogP contribution in [0.5, 0.6) is 0 Å². The molecule has 1 aromatic heterocycles. The number of rotatable bonds is 5. The van der Waals surface area contributed by atoms with Crippen molar-refractivity contribution in [3.05, 3.63) is 80.4 Å². The molecule has 1 heterocycles. The monoisotopic (exact) mass is 374 g/mol. The van der Waals surface area contributed by atoms with Crippen LogP contribution in [0, 0.1) is 11.6 Å². The lowest BCUT2D eigenvalue weighted by Gasteiger charge is -2.08. The van der Waals surface area contributed by atoms with Crippen molar-refractivity contribution in [2.45, 2.75) is 6.54 Å². The Morgan fingerprint density at radius 2 is 1.70 bits per heavy atom. The fourth-order valence-electron chi connectivity index (χ4n) is 2.43. The summed E-state index contributed by atoms with van der Waals surface area (Å²) in [4.78, 5) is 48.0. The standard InChI is InChI=1S/C18H12F2N2O5/c19-13-6-5-10(7-14(13)20)15(23)9-27-16(24)8-22-18(26)12-4-2-1-3-11(12)17(25)21-22/h1-7H,8-9H2,(H,21,25). The highest BCUT2D eigenvalue weighted by atomic mass is 19.2. The predicted molar refractivity (Wildman–Crippen MR) is 90.5 cm³/mol. The first kappa shape index (κ1) is 18.2. The smallest absolute Gasteiger partial charge is 0.328 e. The Morgan fingerprint density at radius 3 is 2.41 bits per heavy atom. The van der Waals surface area contributed by atoms with Gasteiger partial charge in [0.2, 0.25) is 0 Å². The summed E-state index contributed by atoms with van der Waals surface area (Å²) in [5.74, 6) is -4.02. The molecule has 138 valence electrons. The van der Waals surface area contributed by atoms with Crippen molar-refractivity contribution < 1.29 is 23.1 Å². The first-order valence-corrected chi connectivity index (χ1v) is 7.72. The van der Waals surface area contributed by atoms with Crippen molar-refractivity contribution in [2.24, 2.45) is 0 Å². The lowest BCUT2D eigenvalue weighted by atomic mass is 10.1. The molecule has 0 aliphatic heterocycles. The number of nitrogens with zero attached hydrogens (tertiary/aromatic N) is 1. The molecule has 0 amide bonds. The molecular formula is C18H12F2N2O5. The van der Waals surface area contributed by atoms with E-state index in [9.17, 15) is 28.0 Å². The molecule has 3 aromatic rings. The zero-order chi connectivity index (χ0) is 19.6. The van der Waals surface area contributed by atoms with E-state index in [-0.39, 0.29) is 16.3 Å². The largest absolute Gasteiger partial charge is 0.456 e. The zero-order valence-corrected chi connectivity index (χ0v) is 13.7. The van der Waals surface area contributed by atoms with E-state index in [1.165, 1.54) is 12.1 Å². The second-order valence-corrected chi connectivity index (χ2v) is 5.59. The fraction of sp³-hybridized carbons (Fsp3) is 0.111. The number of nitrogens with one attached hydrogen (secondary N) is 1. The number of halogens is 2. The van der Waals surface area contributed by atoms with Crippen molar-refractivity contribution in [3.63, 3.8) is 0 Å². The number of ketones is 1. The van der Waals surface area contributed by atoms with Crippen LogP contribution < -0.4 is 11.1 Å². The third kappa shape index (κ3) is 3.81. The number of H-pyrrole nitrogens is 1. The Kier molecular flexibility index (Phi) is 4.93. The summed E-state index contributed by atoms with van der Waals surface area (Å²) in [6.45, 7) is -1.35. The van der Waals surface area contributed by atoms with Crippen LogP contribution in [-0.4, -0.2) is 28.1 Å². The Hall–Kier alpha value is -3.62. The molecule has 0 aliphatic rings. The van der Waals surface area contributed by atoms with Gasteiger partial charge < -0.3 is 4.74 Å². The van der Waals surface area contributed by atoms with E-state index >= 15 is 0 Å². The van der Waals surface area contributed by atoms with E-state index in [1.54, 1.807) is 12.1 Å². The molecule has 2 aromatic carbocycles. The summed E-state index contributed by atoms with van der Waals surface area (Å²) in [6.07, 6.45) is 0. The molecule has 0 spiro atoms. The number of Topliss-reactive ketones (excluding diaryl/α,β-unsaturated/α-hetero) is 1. The van der Waals surface area contributed by atoms with E-state index in [1.807, 2.05) is 0 Å². The number of hydrogen-bond donors (Lipinski definition) is 1. The van der Waals surface area contributed by atoms with E-state index in [0.717, 1.165) is 16.8 Å². The van der Waals surface area contributed by atoms with E-state index in [0.29, 0.717) is 6.07 Å². The Morgan fingerprint density at radius 1 is 1.00 bits per heavy atom. The number of carbonyl (C=O) groups is 2. The number of aromatic amines is 1. The van der Waals surface area contributed by atoms with Crippen molar-refractivity contribution in [1.29, 1.82) is 0 Å². The molecule has 0 aliphatic carbocycles. The van der Waals surface area contributed by atoms with Crippen LogP contribution >= 0.6 is 0 Å². The molecule has 27 heavy (non-hydrogen) atoms. The molecule has 0 unspecified atom stereocenters. The predicted octanol–water partition coefficient (Wildman–Crippen LogP) is 1.39. The van der Waals surface area contributed by atoms with Gasteiger partial charge in [0.1, 0.15) is 6.54 Å². The summed E-state index contributed by atoms with van der Waals surface area (Å²) >= 11 is 0. The fourth-order valence-corrected chi connectivity index (χ4v) is 2.43. The van der Waals surface area contributed by atoms with Gasteiger partial charge in [-0.05, 0) is 30.3 Å². The number of aromatic nitrogens is 2. The van der Waals surface area contributed by atoms with Crippen LogP contribution in [0.4, 0.5) is 8.78 Å². The third-order valence-corrected chi connectivity index (χ3v) is 3.78. The minimum absolute atomic E-state index is 0.131. The SMILES string of the molecule is O=C(Cn1[nH]c(=O)c2ccccc2c1=O)OCC(=O)c1ccc(F)c(F)c1. The second kappa shape index (κ2) is 7.32. The average Bonchev–Trinajstić information content (AvgIpc) is 2.66. The zero-order valence-electron chi connectivity index (χ0n) is 13.7. The molecule has 0 saturated heterocycles. The second-order valence-electron chi connectivity index (χ2n) is 5.59. The van der Waals surface area contributed by atoms with Gasteiger partial charge >= 0.3 is 5.97 Å². The molecule has 0 atom stereocenters. The average molecular weight is 374 g/mol. The number of fused-ring (bicyclic) bond motifs is 1. The molecule has 1 N–H and O–H groups in total. The van der Waals surface area contributed by atoms with Gasteiger partial charge in [-0.15, -0.1) is 0 Å². The van der Waals surface area contributed by atoms with Crippen LogP contribution in [0.15, 0.2) is 52.1 Å². The van der Waals surface area contributed by atoms with Crippen LogP contribution in [0.1, 0.15) is 10.4 Å². The summed E-state index contributed by atoms with van der Waals surface area (Å²) in [6, 6.07) is 8.62. The maximum Gasteiger partial charge on any atom is 0.328 e. The van der Waals surface area contributed by atoms with Gasteiger partial charge in [0.25, 0.3) is 11.1 Å². The molecule has 7 nitrogen and oxygen atoms in total. The summed E-state index contributed by atoms with van der Waals surface area (Å²) in [5, 5.41) is 2.57. The van der Waals surface area contributed by atoms with Gasteiger partial charge in [-0.3, -0.25) is 24.3 Å². The normalized spacial score (nSPS) is 10.7. The number of carbonyl (C=O) groups excluding carboxylic acids is 2. The number of hydrogen-bond acceptors (Lipinski definition) is 5. The van der Waals surface area contributed by atoms with Gasteiger partial charge in [-0.25, -0.2) is 13.5 Å².